The maximum absolute atomic E-state index is 12.7. The van der Waals surface area contributed by atoms with Crippen molar-refractivity contribution in [3.8, 4) is 0 Å². The van der Waals surface area contributed by atoms with Crippen LogP contribution in [0.2, 0.25) is 0 Å². The molecule has 0 saturated carbocycles. The molecule has 2 fully saturated rings. The van der Waals surface area contributed by atoms with Gasteiger partial charge in [0.1, 0.15) is 0 Å². The van der Waals surface area contributed by atoms with Gasteiger partial charge in [0.15, 0.2) is 5.96 Å². The van der Waals surface area contributed by atoms with Gasteiger partial charge in [-0.05, 0) is 50.0 Å². The third-order valence-electron chi connectivity index (χ3n) is 5.61. The van der Waals surface area contributed by atoms with E-state index in [-0.39, 0.29) is 0 Å². The molecule has 0 aliphatic carbocycles. The summed E-state index contributed by atoms with van der Waals surface area (Å²) in [7, 11) is 0. The maximum atomic E-state index is 12.7. The molecule has 162 valence electrons. The number of hydrogen-bond acceptors (Lipinski definition) is 4. The Hall–Kier alpha value is -0.950. The monoisotopic (exact) mass is 411 g/mol. The topological polar surface area (TPSA) is 51.2 Å². The van der Waals surface area contributed by atoms with Crippen molar-refractivity contribution in [3.63, 3.8) is 0 Å². The number of nitrogens with zero attached hydrogens (tertiary/aromatic N) is 4. The number of amides is 1. The molecule has 2 rings (SSSR count). The second-order valence-corrected chi connectivity index (χ2v) is 9.43. The molecule has 0 spiro atoms. The Morgan fingerprint density at radius 3 is 2.36 bits per heavy atom. The van der Waals surface area contributed by atoms with Crippen molar-refractivity contribution >= 4 is 23.6 Å². The Morgan fingerprint density at radius 2 is 1.75 bits per heavy atom. The first kappa shape index (κ1) is 23.3. The van der Waals surface area contributed by atoms with Crippen LogP contribution in [-0.2, 0) is 4.79 Å². The first-order valence-electron chi connectivity index (χ1n) is 11.1. The van der Waals surface area contributed by atoms with Gasteiger partial charge in [-0.3, -0.25) is 14.7 Å². The van der Waals surface area contributed by atoms with Crippen LogP contribution in [0.3, 0.4) is 0 Å². The van der Waals surface area contributed by atoms with Crippen LogP contribution in [-0.4, -0.2) is 97.5 Å². The molecule has 28 heavy (non-hydrogen) atoms. The molecule has 0 radical (unpaired) electrons. The number of unbranched alkanes of at least 4 members (excludes halogenated alkanes) is 1. The summed E-state index contributed by atoms with van der Waals surface area (Å²) in [5, 5.41) is 3.44. The van der Waals surface area contributed by atoms with E-state index >= 15 is 0 Å². The molecule has 1 N–H and O–H groups in total. The highest BCUT2D eigenvalue weighted by atomic mass is 32.2. The highest BCUT2D eigenvalue weighted by Gasteiger charge is 2.27. The summed E-state index contributed by atoms with van der Waals surface area (Å²) in [5.41, 5.74) is 0. The average Bonchev–Trinajstić information content (AvgIpc) is 2.67. The normalized spacial score (nSPS) is 24.5. The van der Waals surface area contributed by atoms with Crippen LogP contribution in [0.4, 0.5) is 0 Å². The van der Waals surface area contributed by atoms with E-state index in [1.54, 1.807) is 0 Å². The van der Waals surface area contributed by atoms with E-state index in [0.717, 1.165) is 64.7 Å². The van der Waals surface area contributed by atoms with Crippen LogP contribution in [0.5, 0.6) is 0 Å². The Labute approximate surface area is 176 Å². The third kappa shape index (κ3) is 7.82. The van der Waals surface area contributed by atoms with Crippen molar-refractivity contribution in [2.75, 3.05) is 70.9 Å². The quantitative estimate of drug-likeness (QED) is 0.377. The van der Waals surface area contributed by atoms with Gasteiger partial charge in [0, 0.05) is 52.4 Å². The molecule has 0 aromatic rings. The second-order valence-electron chi connectivity index (χ2n) is 8.44. The predicted octanol–water partition coefficient (Wildman–Crippen LogP) is 2.22. The fourth-order valence-electron chi connectivity index (χ4n) is 4.24. The van der Waals surface area contributed by atoms with Crippen molar-refractivity contribution in [2.24, 2.45) is 16.8 Å². The van der Waals surface area contributed by atoms with Crippen molar-refractivity contribution < 1.29 is 4.79 Å². The minimum absolute atomic E-state index is 0.307. The highest BCUT2D eigenvalue weighted by Crippen LogP contribution is 2.21. The van der Waals surface area contributed by atoms with Crippen LogP contribution >= 0.6 is 11.8 Å². The number of guanidine groups is 1. The second kappa shape index (κ2) is 12.6. The average molecular weight is 412 g/mol. The van der Waals surface area contributed by atoms with Crippen molar-refractivity contribution in [1.82, 2.24) is 20.0 Å². The van der Waals surface area contributed by atoms with E-state index in [4.69, 9.17) is 4.99 Å². The molecule has 2 unspecified atom stereocenters. The zero-order valence-electron chi connectivity index (χ0n) is 18.5. The molecular weight excluding hydrogens is 370 g/mol. The van der Waals surface area contributed by atoms with Crippen LogP contribution in [0.1, 0.15) is 40.0 Å². The summed E-state index contributed by atoms with van der Waals surface area (Å²) in [6, 6.07) is 0. The molecule has 6 nitrogen and oxygen atoms in total. The van der Waals surface area contributed by atoms with E-state index in [0.29, 0.717) is 24.3 Å². The SMILES string of the molecule is CCNC(=NCCCCSC)N1CCN(CC(=O)N2CC(C)CC(C)C2)CC1. The summed E-state index contributed by atoms with van der Waals surface area (Å²) in [6.07, 6.45) is 5.78. The molecule has 2 aliphatic heterocycles. The number of carbonyl (C=O) groups is 1. The van der Waals surface area contributed by atoms with E-state index in [2.05, 4.69) is 47.0 Å². The van der Waals surface area contributed by atoms with E-state index in [1.165, 1.54) is 18.6 Å². The molecule has 2 aliphatic rings. The number of carbonyl (C=O) groups excluding carboxylic acids is 1. The number of thioether (sulfide) groups is 1. The van der Waals surface area contributed by atoms with E-state index in [9.17, 15) is 4.79 Å². The molecule has 0 bridgehead atoms. The lowest BCUT2D eigenvalue weighted by atomic mass is 9.92. The fourth-order valence-corrected chi connectivity index (χ4v) is 4.74. The number of hydrogen-bond donors (Lipinski definition) is 1. The molecule has 0 aromatic carbocycles. The lowest BCUT2D eigenvalue weighted by Crippen LogP contribution is -2.55. The van der Waals surface area contributed by atoms with Gasteiger partial charge < -0.3 is 15.1 Å². The predicted molar refractivity (Wildman–Crippen MR) is 121 cm³/mol. The highest BCUT2D eigenvalue weighted by molar-refractivity contribution is 7.98. The van der Waals surface area contributed by atoms with Crippen LogP contribution in [0.25, 0.3) is 0 Å². The third-order valence-corrected chi connectivity index (χ3v) is 6.30. The number of nitrogens with one attached hydrogen (secondary N) is 1. The molecule has 2 atom stereocenters. The molecule has 7 heteroatoms. The van der Waals surface area contributed by atoms with Crippen molar-refractivity contribution in [3.05, 3.63) is 0 Å². The molecule has 2 heterocycles. The van der Waals surface area contributed by atoms with Crippen molar-refractivity contribution in [1.29, 1.82) is 0 Å². The summed E-state index contributed by atoms with van der Waals surface area (Å²) < 4.78 is 0. The molecular formula is C21H41N5OS. The lowest BCUT2D eigenvalue weighted by Gasteiger charge is -2.39. The number of rotatable bonds is 8. The van der Waals surface area contributed by atoms with Crippen LogP contribution in [0, 0.1) is 11.8 Å². The van der Waals surface area contributed by atoms with Gasteiger partial charge in [-0.25, -0.2) is 0 Å². The fraction of sp³-hybridized carbons (Fsp3) is 0.905. The molecule has 2 saturated heterocycles. The molecule has 0 aromatic heterocycles. The van der Waals surface area contributed by atoms with E-state index in [1.807, 2.05) is 11.8 Å². The summed E-state index contributed by atoms with van der Waals surface area (Å²) in [4.78, 5) is 24.3. The van der Waals surface area contributed by atoms with Gasteiger partial charge in [0.25, 0.3) is 0 Å². The first-order chi connectivity index (χ1) is 13.5. The summed E-state index contributed by atoms with van der Waals surface area (Å²) >= 11 is 1.90. The molecule has 1 amide bonds. The number of piperidine rings is 1. The first-order valence-corrected chi connectivity index (χ1v) is 12.4. The smallest absolute Gasteiger partial charge is 0.236 e. The van der Waals surface area contributed by atoms with E-state index < -0.39 is 0 Å². The van der Waals surface area contributed by atoms with Gasteiger partial charge in [-0.15, -0.1) is 0 Å². The van der Waals surface area contributed by atoms with Gasteiger partial charge in [0.05, 0.1) is 6.54 Å². The summed E-state index contributed by atoms with van der Waals surface area (Å²) in [6.45, 7) is 14.6. The van der Waals surface area contributed by atoms with Gasteiger partial charge in [0.2, 0.25) is 5.91 Å². The van der Waals surface area contributed by atoms with Crippen LogP contribution < -0.4 is 5.32 Å². The zero-order valence-corrected chi connectivity index (χ0v) is 19.3. The standard InChI is InChI=1S/C21H41N5OS/c1-5-22-21(23-8-6-7-13-28-4)25-11-9-24(10-12-25)17-20(27)26-15-18(2)14-19(3)16-26/h18-19H,5-17H2,1-4H3,(H,22,23). The zero-order chi connectivity index (χ0) is 20.4. The summed E-state index contributed by atoms with van der Waals surface area (Å²) in [5.74, 6) is 3.81. The Kier molecular flexibility index (Phi) is 10.5. The number of piperazine rings is 1. The number of likely N-dealkylation sites (tertiary alicyclic amines) is 1. The van der Waals surface area contributed by atoms with Crippen molar-refractivity contribution in [2.45, 2.75) is 40.0 Å². The Balaban J connectivity index is 1.76. The lowest BCUT2D eigenvalue weighted by molar-refractivity contribution is -0.135. The maximum Gasteiger partial charge on any atom is 0.236 e. The minimum atomic E-state index is 0.307. The minimum Gasteiger partial charge on any atom is -0.357 e. The Bertz CT molecular complexity index is 483. The van der Waals surface area contributed by atoms with Gasteiger partial charge in [-0.2, -0.15) is 11.8 Å². The largest absolute Gasteiger partial charge is 0.357 e. The Morgan fingerprint density at radius 1 is 1.07 bits per heavy atom. The van der Waals surface area contributed by atoms with Gasteiger partial charge in [-0.1, -0.05) is 13.8 Å². The van der Waals surface area contributed by atoms with Crippen LogP contribution in [0.15, 0.2) is 4.99 Å². The van der Waals surface area contributed by atoms with Gasteiger partial charge >= 0.3 is 0 Å². The number of aliphatic imine (C=N–C) groups is 1.